The number of nitrogens with one attached hydrogen (secondary N) is 2. The summed E-state index contributed by atoms with van der Waals surface area (Å²) >= 11 is 6.21. The van der Waals surface area contributed by atoms with Crippen molar-refractivity contribution in [2.24, 2.45) is 4.99 Å². The molecule has 3 amide bonds. The SMILES string of the molecule is COc1cc(OC)c(NC(=O)N2CCC3(CC2)N=C(c2ccc(C)c(C)c2)C(=O)N3)cc1Cl. The first kappa shape index (κ1) is 22.9. The minimum Gasteiger partial charge on any atom is -0.495 e. The molecule has 0 atom stereocenters. The van der Waals surface area contributed by atoms with Gasteiger partial charge in [0, 0.05) is 37.6 Å². The number of carbonyl (C=O) groups is 2. The maximum absolute atomic E-state index is 12.9. The molecule has 9 heteroatoms. The lowest BCUT2D eigenvalue weighted by Crippen LogP contribution is -2.53. The molecule has 174 valence electrons. The van der Waals surface area contributed by atoms with Crippen LogP contribution in [0.4, 0.5) is 10.5 Å². The van der Waals surface area contributed by atoms with Crippen molar-refractivity contribution in [1.82, 2.24) is 10.2 Å². The maximum Gasteiger partial charge on any atom is 0.321 e. The van der Waals surface area contributed by atoms with Crippen molar-refractivity contribution in [3.05, 3.63) is 52.0 Å². The molecule has 0 radical (unpaired) electrons. The fourth-order valence-electron chi connectivity index (χ4n) is 4.12. The van der Waals surface area contributed by atoms with E-state index in [1.807, 2.05) is 32.0 Å². The maximum atomic E-state index is 12.9. The molecule has 2 aromatic carbocycles. The molecule has 0 aromatic heterocycles. The van der Waals surface area contributed by atoms with E-state index in [0.29, 0.717) is 53.9 Å². The number of carbonyl (C=O) groups excluding carboxylic acids is 2. The lowest BCUT2D eigenvalue weighted by molar-refractivity contribution is -0.115. The highest BCUT2D eigenvalue weighted by Gasteiger charge is 2.43. The van der Waals surface area contributed by atoms with Crippen LogP contribution in [0, 0.1) is 13.8 Å². The molecule has 2 N–H and O–H groups in total. The highest BCUT2D eigenvalue weighted by atomic mass is 35.5. The molecule has 4 rings (SSSR count). The first-order valence-corrected chi connectivity index (χ1v) is 11.1. The molecule has 2 aromatic rings. The first-order chi connectivity index (χ1) is 15.7. The quantitative estimate of drug-likeness (QED) is 0.708. The number of urea groups is 1. The van der Waals surface area contributed by atoms with Gasteiger partial charge in [0.05, 0.1) is 24.9 Å². The summed E-state index contributed by atoms with van der Waals surface area (Å²) in [6.45, 7) is 4.95. The summed E-state index contributed by atoms with van der Waals surface area (Å²) in [7, 11) is 3.02. The standard InChI is InChI=1S/C24H27ClN4O4/c1-14-5-6-16(11-15(14)2)21-22(30)28-24(27-21)7-9-29(10-8-24)23(31)26-18-12-17(25)19(32-3)13-20(18)33-4/h5-6,11-13H,7-10H2,1-4H3,(H,26,31)(H,28,30). The Morgan fingerprint density at radius 1 is 1.09 bits per heavy atom. The Morgan fingerprint density at radius 2 is 1.79 bits per heavy atom. The highest BCUT2D eigenvalue weighted by molar-refractivity contribution is 6.46. The van der Waals surface area contributed by atoms with Gasteiger partial charge in [0.25, 0.3) is 5.91 Å². The van der Waals surface area contributed by atoms with Crippen LogP contribution in [0.25, 0.3) is 0 Å². The molecule has 0 aliphatic carbocycles. The Balaban J connectivity index is 1.45. The van der Waals surface area contributed by atoms with Crippen LogP contribution in [-0.2, 0) is 4.79 Å². The number of halogens is 1. The third kappa shape index (κ3) is 4.48. The second-order valence-electron chi connectivity index (χ2n) is 8.35. The smallest absolute Gasteiger partial charge is 0.321 e. The number of nitrogens with zero attached hydrogens (tertiary/aromatic N) is 2. The van der Waals surface area contributed by atoms with Gasteiger partial charge in [-0.25, -0.2) is 4.79 Å². The number of aryl methyl sites for hydroxylation is 2. The average Bonchev–Trinajstić information content (AvgIpc) is 3.11. The van der Waals surface area contributed by atoms with E-state index >= 15 is 0 Å². The highest BCUT2D eigenvalue weighted by Crippen LogP contribution is 2.36. The van der Waals surface area contributed by atoms with E-state index in [9.17, 15) is 9.59 Å². The van der Waals surface area contributed by atoms with Gasteiger partial charge in [-0.2, -0.15) is 0 Å². The van der Waals surface area contributed by atoms with Crippen molar-refractivity contribution in [2.75, 3.05) is 32.6 Å². The van der Waals surface area contributed by atoms with Gasteiger partial charge in [0.15, 0.2) is 0 Å². The number of amides is 3. The predicted octanol–water partition coefficient (Wildman–Crippen LogP) is 3.92. The van der Waals surface area contributed by atoms with Crippen LogP contribution in [0.3, 0.4) is 0 Å². The van der Waals surface area contributed by atoms with Crippen molar-refractivity contribution < 1.29 is 19.1 Å². The molecule has 1 spiro atoms. The van der Waals surface area contributed by atoms with Crippen molar-refractivity contribution in [3.63, 3.8) is 0 Å². The van der Waals surface area contributed by atoms with Crippen LogP contribution < -0.4 is 20.1 Å². The van der Waals surface area contributed by atoms with Gasteiger partial charge in [-0.15, -0.1) is 0 Å². The molecule has 8 nitrogen and oxygen atoms in total. The summed E-state index contributed by atoms with van der Waals surface area (Å²) in [6.07, 6.45) is 1.06. The topological polar surface area (TPSA) is 92.3 Å². The Labute approximate surface area is 197 Å². The number of likely N-dealkylation sites (tertiary alicyclic amines) is 1. The number of piperidine rings is 1. The lowest BCUT2D eigenvalue weighted by atomic mass is 9.98. The minimum atomic E-state index is -0.677. The van der Waals surface area contributed by atoms with E-state index in [1.54, 1.807) is 17.0 Å². The Hall–Kier alpha value is -3.26. The molecule has 0 bridgehead atoms. The van der Waals surface area contributed by atoms with Crippen molar-refractivity contribution in [1.29, 1.82) is 0 Å². The number of hydrogen-bond acceptors (Lipinski definition) is 5. The van der Waals surface area contributed by atoms with E-state index in [1.165, 1.54) is 19.8 Å². The zero-order valence-electron chi connectivity index (χ0n) is 19.1. The molecule has 1 fully saturated rings. The molecule has 0 unspecified atom stereocenters. The third-order valence-electron chi connectivity index (χ3n) is 6.26. The van der Waals surface area contributed by atoms with Gasteiger partial charge in [0.2, 0.25) is 0 Å². The van der Waals surface area contributed by atoms with E-state index < -0.39 is 5.66 Å². The van der Waals surface area contributed by atoms with Gasteiger partial charge >= 0.3 is 6.03 Å². The molecule has 2 aliphatic rings. The summed E-state index contributed by atoms with van der Waals surface area (Å²) < 4.78 is 10.5. The van der Waals surface area contributed by atoms with Crippen LogP contribution in [0.1, 0.15) is 29.5 Å². The lowest BCUT2D eigenvalue weighted by Gasteiger charge is -2.37. The summed E-state index contributed by atoms with van der Waals surface area (Å²) in [6, 6.07) is 8.86. The first-order valence-electron chi connectivity index (χ1n) is 10.7. The van der Waals surface area contributed by atoms with Crippen molar-refractivity contribution in [2.45, 2.75) is 32.4 Å². The Morgan fingerprint density at radius 3 is 2.42 bits per heavy atom. The van der Waals surface area contributed by atoms with Gasteiger partial charge in [-0.05, 0) is 37.1 Å². The molecular weight excluding hydrogens is 444 g/mol. The fraction of sp³-hybridized carbons (Fsp3) is 0.375. The van der Waals surface area contributed by atoms with Crippen molar-refractivity contribution in [3.8, 4) is 11.5 Å². The minimum absolute atomic E-state index is 0.172. The zero-order chi connectivity index (χ0) is 23.8. The number of rotatable bonds is 4. The second kappa shape index (κ2) is 8.94. The average molecular weight is 471 g/mol. The Bertz CT molecular complexity index is 1140. The van der Waals surface area contributed by atoms with Gasteiger partial charge in [-0.1, -0.05) is 23.7 Å². The third-order valence-corrected chi connectivity index (χ3v) is 6.56. The monoisotopic (exact) mass is 470 g/mol. The summed E-state index contributed by atoms with van der Waals surface area (Å²) in [4.78, 5) is 32.0. The number of ether oxygens (including phenoxy) is 2. The Kier molecular flexibility index (Phi) is 6.21. The number of aliphatic imine (C=N–C) groups is 1. The van der Waals surface area contributed by atoms with Crippen LogP contribution in [0.2, 0.25) is 5.02 Å². The molecule has 33 heavy (non-hydrogen) atoms. The molecular formula is C24H27ClN4O4. The van der Waals surface area contributed by atoms with Gasteiger partial charge < -0.3 is 25.0 Å². The van der Waals surface area contributed by atoms with Crippen LogP contribution in [0.5, 0.6) is 11.5 Å². The number of hydrogen-bond donors (Lipinski definition) is 2. The van der Waals surface area contributed by atoms with E-state index in [-0.39, 0.29) is 11.9 Å². The summed E-state index contributed by atoms with van der Waals surface area (Å²) in [5, 5.41) is 6.27. The van der Waals surface area contributed by atoms with Crippen molar-refractivity contribution >= 4 is 34.9 Å². The number of anilines is 1. The fourth-order valence-corrected chi connectivity index (χ4v) is 4.36. The normalized spacial score (nSPS) is 16.9. The zero-order valence-corrected chi connectivity index (χ0v) is 19.9. The van der Waals surface area contributed by atoms with Crippen LogP contribution in [0.15, 0.2) is 35.3 Å². The van der Waals surface area contributed by atoms with Crippen LogP contribution >= 0.6 is 11.6 Å². The van der Waals surface area contributed by atoms with E-state index in [4.69, 9.17) is 26.1 Å². The molecule has 0 saturated carbocycles. The predicted molar refractivity (Wildman–Crippen MR) is 128 cm³/mol. The number of methoxy groups -OCH3 is 2. The largest absolute Gasteiger partial charge is 0.495 e. The van der Waals surface area contributed by atoms with E-state index in [0.717, 1.165) is 11.1 Å². The second-order valence-corrected chi connectivity index (χ2v) is 8.76. The van der Waals surface area contributed by atoms with Gasteiger partial charge in [-0.3, -0.25) is 9.79 Å². The van der Waals surface area contributed by atoms with Gasteiger partial charge in [0.1, 0.15) is 22.9 Å². The summed E-state index contributed by atoms with van der Waals surface area (Å²) in [5.74, 6) is 0.735. The summed E-state index contributed by atoms with van der Waals surface area (Å²) in [5.41, 5.74) is 3.33. The number of benzene rings is 2. The van der Waals surface area contributed by atoms with Crippen LogP contribution in [-0.4, -0.2) is 55.5 Å². The molecule has 2 heterocycles. The molecule has 1 saturated heterocycles. The molecule has 2 aliphatic heterocycles. The van der Waals surface area contributed by atoms with E-state index in [2.05, 4.69) is 10.6 Å².